The van der Waals surface area contributed by atoms with Crippen LogP contribution in [0.15, 0.2) is 23.1 Å². The van der Waals surface area contributed by atoms with Gasteiger partial charge < -0.3 is 9.84 Å². The van der Waals surface area contributed by atoms with Crippen molar-refractivity contribution in [2.75, 3.05) is 13.2 Å². The van der Waals surface area contributed by atoms with Gasteiger partial charge in [0.05, 0.1) is 17.6 Å². The first-order chi connectivity index (χ1) is 8.36. The fourth-order valence-corrected chi connectivity index (χ4v) is 2.54. The lowest BCUT2D eigenvalue weighted by Gasteiger charge is -2.13. The maximum absolute atomic E-state index is 11.8. The predicted molar refractivity (Wildman–Crippen MR) is 69.2 cm³/mol. The Bertz CT molecular complexity index is 497. The van der Waals surface area contributed by atoms with Gasteiger partial charge in [-0.15, -0.1) is 0 Å². The number of ether oxygens (including phenoxy) is 1. The molecule has 0 aliphatic heterocycles. The molecule has 1 rings (SSSR count). The number of hydrogen-bond donors (Lipinski definition) is 2. The van der Waals surface area contributed by atoms with Crippen LogP contribution in [-0.4, -0.2) is 32.8 Å². The van der Waals surface area contributed by atoms with Gasteiger partial charge in [-0.1, -0.05) is 0 Å². The number of sulfonamides is 1. The normalized spacial score (nSPS) is 11.8. The van der Waals surface area contributed by atoms with Crippen molar-refractivity contribution in [1.82, 2.24) is 4.72 Å². The van der Waals surface area contributed by atoms with Crippen molar-refractivity contribution in [3.8, 4) is 5.75 Å². The molecule has 5 nitrogen and oxygen atoms in total. The summed E-state index contributed by atoms with van der Waals surface area (Å²) in [6.07, 6.45) is 0.0404. The first kappa shape index (κ1) is 14.9. The average Bonchev–Trinajstić information content (AvgIpc) is 2.28. The van der Waals surface area contributed by atoms with Crippen LogP contribution in [0.2, 0.25) is 0 Å². The molecule has 102 valence electrons. The summed E-state index contributed by atoms with van der Waals surface area (Å²) in [5.74, 6) is 0.672. The quantitative estimate of drug-likeness (QED) is 0.812. The fraction of sp³-hybridized carbons (Fsp3) is 0.500. The van der Waals surface area contributed by atoms with Crippen LogP contribution in [0.1, 0.15) is 19.4 Å². The molecule has 2 N–H and O–H groups in total. The monoisotopic (exact) mass is 273 g/mol. The topological polar surface area (TPSA) is 75.6 Å². The zero-order chi connectivity index (χ0) is 13.8. The van der Waals surface area contributed by atoms with Crippen molar-refractivity contribution in [3.05, 3.63) is 23.8 Å². The Kier molecular flexibility index (Phi) is 5.13. The van der Waals surface area contributed by atoms with Crippen molar-refractivity contribution in [2.45, 2.75) is 31.8 Å². The van der Waals surface area contributed by atoms with Crippen molar-refractivity contribution in [3.63, 3.8) is 0 Å². The van der Waals surface area contributed by atoms with Gasteiger partial charge in [0.1, 0.15) is 5.75 Å². The Morgan fingerprint density at radius 2 is 2.06 bits per heavy atom. The maximum Gasteiger partial charge on any atom is 0.240 e. The lowest BCUT2D eigenvalue weighted by atomic mass is 10.2. The van der Waals surface area contributed by atoms with Gasteiger partial charge in [-0.3, -0.25) is 0 Å². The van der Waals surface area contributed by atoms with Crippen LogP contribution in [-0.2, 0) is 10.0 Å². The molecule has 0 radical (unpaired) electrons. The zero-order valence-corrected chi connectivity index (χ0v) is 11.6. The minimum absolute atomic E-state index is 0.00558. The second kappa shape index (κ2) is 6.17. The second-order valence-electron chi connectivity index (χ2n) is 4.22. The van der Waals surface area contributed by atoms with Gasteiger partial charge in [-0.25, -0.2) is 13.1 Å². The average molecular weight is 273 g/mol. The van der Waals surface area contributed by atoms with Gasteiger partial charge in [-0.2, -0.15) is 0 Å². The van der Waals surface area contributed by atoms with E-state index in [1.54, 1.807) is 19.1 Å². The van der Waals surface area contributed by atoms with Gasteiger partial charge in [0.25, 0.3) is 0 Å². The number of benzene rings is 1. The van der Waals surface area contributed by atoms with Crippen LogP contribution in [0, 0.1) is 6.92 Å². The second-order valence-corrected chi connectivity index (χ2v) is 5.98. The molecule has 0 saturated heterocycles. The highest BCUT2D eigenvalue weighted by molar-refractivity contribution is 7.89. The Hall–Kier alpha value is -1.11. The first-order valence-corrected chi connectivity index (χ1v) is 7.23. The van der Waals surface area contributed by atoms with Crippen molar-refractivity contribution in [1.29, 1.82) is 0 Å². The van der Waals surface area contributed by atoms with Crippen LogP contribution in [0.25, 0.3) is 0 Å². The molecule has 0 heterocycles. The lowest BCUT2D eigenvalue weighted by molar-refractivity contribution is 0.240. The Morgan fingerprint density at radius 3 is 2.56 bits per heavy atom. The highest BCUT2D eigenvalue weighted by atomic mass is 32.2. The molecule has 0 amide bonds. The first-order valence-electron chi connectivity index (χ1n) is 5.74. The molecule has 1 aromatic carbocycles. The molecule has 0 spiro atoms. The maximum atomic E-state index is 11.8. The van der Waals surface area contributed by atoms with E-state index in [9.17, 15) is 8.42 Å². The SMILES string of the molecule is Cc1cc(S(=O)(=O)NCCO)ccc1OC(C)C. The summed E-state index contributed by atoms with van der Waals surface area (Å²) in [6.45, 7) is 5.39. The highest BCUT2D eigenvalue weighted by Crippen LogP contribution is 2.22. The molecule has 0 unspecified atom stereocenters. The third-order valence-corrected chi connectivity index (χ3v) is 3.68. The van der Waals surface area contributed by atoms with Crippen LogP contribution in [0.4, 0.5) is 0 Å². The molecule has 0 bridgehead atoms. The van der Waals surface area contributed by atoms with Gasteiger partial charge in [0.15, 0.2) is 0 Å². The lowest BCUT2D eigenvalue weighted by Crippen LogP contribution is -2.26. The van der Waals surface area contributed by atoms with Crippen molar-refractivity contribution in [2.24, 2.45) is 0 Å². The number of aliphatic hydroxyl groups excluding tert-OH is 1. The van der Waals surface area contributed by atoms with E-state index in [0.29, 0.717) is 5.75 Å². The number of hydrogen-bond acceptors (Lipinski definition) is 4. The van der Waals surface area contributed by atoms with E-state index < -0.39 is 10.0 Å². The molecule has 0 fully saturated rings. The molecule has 6 heteroatoms. The Morgan fingerprint density at radius 1 is 1.39 bits per heavy atom. The Balaban J connectivity index is 2.97. The number of aliphatic hydroxyl groups is 1. The number of rotatable bonds is 6. The standard InChI is InChI=1S/C12H19NO4S/c1-9(2)17-12-5-4-11(8-10(12)3)18(15,16)13-6-7-14/h4-5,8-9,13-14H,6-7H2,1-3H3. The smallest absolute Gasteiger partial charge is 0.240 e. The van der Waals surface area contributed by atoms with Gasteiger partial charge in [-0.05, 0) is 44.5 Å². The molecule has 0 aromatic heterocycles. The van der Waals surface area contributed by atoms with Crippen LogP contribution >= 0.6 is 0 Å². The van der Waals surface area contributed by atoms with E-state index in [4.69, 9.17) is 9.84 Å². The third kappa shape index (κ3) is 3.97. The van der Waals surface area contributed by atoms with Gasteiger partial charge in [0.2, 0.25) is 10.0 Å². The summed E-state index contributed by atoms with van der Waals surface area (Å²) < 4.78 is 31.5. The van der Waals surface area contributed by atoms with E-state index in [1.807, 2.05) is 13.8 Å². The van der Waals surface area contributed by atoms with E-state index in [1.165, 1.54) is 6.07 Å². The predicted octanol–water partition coefficient (Wildman–Crippen LogP) is 1.05. The van der Waals surface area contributed by atoms with E-state index in [-0.39, 0.29) is 24.2 Å². The van der Waals surface area contributed by atoms with Crippen LogP contribution < -0.4 is 9.46 Å². The third-order valence-electron chi connectivity index (χ3n) is 2.22. The van der Waals surface area contributed by atoms with Crippen molar-refractivity contribution >= 4 is 10.0 Å². The minimum Gasteiger partial charge on any atom is -0.491 e. The molecule has 0 saturated carbocycles. The van der Waals surface area contributed by atoms with E-state index in [0.717, 1.165) is 5.56 Å². The van der Waals surface area contributed by atoms with Crippen molar-refractivity contribution < 1.29 is 18.3 Å². The van der Waals surface area contributed by atoms with Crippen LogP contribution in [0.3, 0.4) is 0 Å². The summed E-state index contributed by atoms with van der Waals surface area (Å²) in [6, 6.07) is 4.69. The summed E-state index contributed by atoms with van der Waals surface area (Å²) in [5.41, 5.74) is 0.760. The largest absolute Gasteiger partial charge is 0.491 e. The number of aryl methyl sites for hydroxylation is 1. The summed E-state index contributed by atoms with van der Waals surface area (Å²) in [4.78, 5) is 0.171. The van der Waals surface area contributed by atoms with E-state index >= 15 is 0 Å². The zero-order valence-electron chi connectivity index (χ0n) is 10.8. The highest BCUT2D eigenvalue weighted by Gasteiger charge is 2.14. The molecule has 1 aromatic rings. The molecule has 18 heavy (non-hydrogen) atoms. The van der Waals surface area contributed by atoms with Gasteiger partial charge >= 0.3 is 0 Å². The minimum atomic E-state index is -3.56. The van der Waals surface area contributed by atoms with Gasteiger partial charge in [0, 0.05) is 6.54 Å². The summed E-state index contributed by atoms with van der Waals surface area (Å²) in [5, 5.41) is 8.63. The molecule has 0 atom stereocenters. The molecule has 0 aliphatic carbocycles. The fourth-order valence-electron chi connectivity index (χ4n) is 1.44. The Labute approximate surface area is 108 Å². The summed E-state index contributed by atoms with van der Waals surface area (Å²) in [7, 11) is -3.56. The summed E-state index contributed by atoms with van der Waals surface area (Å²) >= 11 is 0. The number of nitrogens with one attached hydrogen (secondary N) is 1. The molecular formula is C12H19NO4S. The van der Waals surface area contributed by atoms with E-state index in [2.05, 4.69) is 4.72 Å². The van der Waals surface area contributed by atoms with Crippen LogP contribution in [0.5, 0.6) is 5.75 Å². The molecule has 0 aliphatic rings. The molecular weight excluding hydrogens is 254 g/mol.